The molecule has 0 aliphatic carbocycles. The van der Waals surface area contributed by atoms with Crippen molar-refractivity contribution < 1.29 is 27.5 Å². The smallest absolute Gasteiger partial charge is 0.331 e. The second-order valence-corrected chi connectivity index (χ2v) is 8.43. The average molecular weight is 463 g/mol. The molecule has 0 saturated heterocycles. The molecule has 10 nitrogen and oxygen atoms in total. The highest BCUT2D eigenvalue weighted by atomic mass is 32.2. The second kappa shape index (κ2) is 9.64. The van der Waals surface area contributed by atoms with Crippen LogP contribution in [0.15, 0.2) is 56.1 Å². The summed E-state index contributed by atoms with van der Waals surface area (Å²) in [5.41, 5.74) is 2.11. The van der Waals surface area contributed by atoms with Gasteiger partial charge in [-0.15, -0.1) is 0 Å². The van der Waals surface area contributed by atoms with Gasteiger partial charge in [0.2, 0.25) is 10.0 Å². The number of carbonyl (C=O) groups excluding carboxylic acids is 2. The molecule has 1 heterocycles. The molecule has 0 saturated carbocycles. The number of nitrogens with one attached hydrogen (secondary N) is 2. The first-order valence-corrected chi connectivity index (χ1v) is 11.0. The lowest BCUT2D eigenvalue weighted by Crippen LogP contribution is -2.20. The lowest BCUT2D eigenvalue weighted by atomic mass is 10.2. The normalized spacial score (nSPS) is 12.3. The Balaban J connectivity index is 1.60. The SMILES string of the molecule is CNS(=O)(=O)c1cc(/C=C/C(=O)OCC(=O)Nc2cccc3c2N=S=N3)ccc1OC. The molecule has 3 rings (SSSR count). The number of ether oxygens (including phenoxy) is 2. The van der Waals surface area contributed by atoms with E-state index in [0.29, 0.717) is 22.6 Å². The lowest BCUT2D eigenvalue weighted by molar-refractivity contribution is -0.142. The molecule has 0 atom stereocenters. The van der Waals surface area contributed by atoms with Gasteiger partial charge in [-0.3, -0.25) is 4.79 Å². The molecule has 0 unspecified atom stereocenters. The molecular formula is C19H18N4O6S2. The van der Waals surface area contributed by atoms with E-state index in [-0.39, 0.29) is 10.6 Å². The van der Waals surface area contributed by atoms with E-state index in [1.165, 1.54) is 32.4 Å². The Kier molecular flexibility index (Phi) is 6.95. The van der Waals surface area contributed by atoms with Crippen LogP contribution in [0, 0.1) is 0 Å². The first-order chi connectivity index (χ1) is 14.8. The zero-order valence-electron chi connectivity index (χ0n) is 16.5. The highest BCUT2D eigenvalue weighted by Crippen LogP contribution is 2.38. The summed E-state index contributed by atoms with van der Waals surface area (Å²) in [4.78, 5) is 23.9. The number of methoxy groups -OCH3 is 1. The predicted molar refractivity (Wildman–Crippen MR) is 116 cm³/mol. The number of amides is 1. The maximum absolute atomic E-state index is 12.1. The number of esters is 1. The van der Waals surface area contributed by atoms with E-state index < -0.39 is 28.5 Å². The van der Waals surface area contributed by atoms with Crippen LogP contribution in [-0.2, 0) is 35.7 Å². The molecule has 0 radical (unpaired) electrons. The molecule has 1 aliphatic heterocycles. The van der Waals surface area contributed by atoms with Crippen molar-refractivity contribution in [3.8, 4) is 5.75 Å². The highest BCUT2D eigenvalue weighted by molar-refractivity contribution is 7.89. The van der Waals surface area contributed by atoms with Crippen molar-refractivity contribution in [3.63, 3.8) is 0 Å². The molecule has 12 heteroatoms. The molecule has 0 aromatic heterocycles. The van der Waals surface area contributed by atoms with Crippen LogP contribution in [0.4, 0.5) is 17.1 Å². The van der Waals surface area contributed by atoms with E-state index in [4.69, 9.17) is 9.47 Å². The van der Waals surface area contributed by atoms with Gasteiger partial charge in [0.25, 0.3) is 5.91 Å². The highest BCUT2D eigenvalue weighted by Gasteiger charge is 2.18. The summed E-state index contributed by atoms with van der Waals surface area (Å²) in [6.07, 6.45) is 2.46. The molecule has 162 valence electrons. The fourth-order valence-electron chi connectivity index (χ4n) is 2.56. The van der Waals surface area contributed by atoms with E-state index in [0.717, 1.165) is 17.4 Å². The van der Waals surface area contributed by atoms with Gasteiger partial charge in [0, 0.05) is 6.08 Å². The molecule has 1 amide bonds. The third-order valence-corrected chi connectivity index (χ3v) is 6.04. The molecule has 1 aliphatic rings. The van der Waals surface area contributed by atoms with E-state index in [1.807, 2.05) is 0 Å². The van der Waals surface area contributed by atoms with Crippen LogP contribution in [0.2, 0.25) is 0 Å². The zero-order valence-corrected chi connectivity index (χ0v) is 18.1. The van der Waals surface area contributed by atoms with Crippen LogP contribution in [0.1, 0.15) is 5.56 Å². The monoisotopic (exact) mass is 462 g/mol. The van der Waals surface area contributed by atoms with Crippen LogP contribution in [0.3, 0.4) is 0 Å². The number of benzene rings is 2. The maximum atomic E-state index is 12.1. The number of anilines is 1. The third kappa shape index (κ3) is 5.42. The van der Waals surface area contributed by atoms with Gasteiger partial charge in [0.05, 0.1) is 24.2 Å². The number of carbonyl (C=O) groups is 2. The summed E-state index contributed by atoms with van der Waals surface area (Å²) < 4.78 is 44.6. The van der Waals surface area contributed by atoms with Gasteiger partial charge >= 0.3 is 5.97 Å². The minimum absolute atomic E-state index is 0.0712. The van der Waals surface area contributed by atoms with Crippen LogP contribution in [0.25, 0.3) is 6.08 Å². The van der Waals surface area contributed by atoms with E-state index in [9.17, 15) is 18.0 Å². The predicted octanol–water partition coefficient (Wildman–Crippen LogP) is 2.52. The topological polar surface area (TPSA) is 136 Å². The molecule has 2 aromatic carbocycles. The molecule has 31 heavy (non-hydrogen) atoms. The molecule has 0 fully saturated rings. The van der Waals surface area contributed by atoms with Gasteiger partial charge in [-0.2, -0.15) is 8.73 Å². The van der Waals surface area contributed by atoms with Gasteiger partial charge in [0.1, 0.15) is 22.0 Å². The van der Waals surface area contributed by atoms with Crippen LogP contribution in [-0.4, -0.2) is 41.1 Å². The molecule has 2 N–H and O–H groups in total. The van der Waals surface area contributed by atoms with Crippen molar-refractivity contribution >= 4 is 56.4 Å². The molecule has 0 spiro atoms. The van der Waals surface area contributed by atoms with Gasteiger partial charge in [-0.05, 0) is 43.0 Å². The summed E-state index contributed by atoms with van der Waals surface area (Å²) in [5.74, 6) is -1.14. The number of fused-ring (bicyclic) bond motifs is 1. The molecule has 0 bridgehead atoms. The Labute approximate surface area is 182 Å². The maximum Gasteiger partial charge on any atom is 0.331 e. The second-order valence-electron chi connectivity index (χ2n) is 6.04. The largest absolute Gasteiger partial charge is 0.495 e. The zero-order chi connectivity index (χ0) is 22.4. The number of hydrogen-bond donors (Lipinski definition) is 2. The quantitative estimate of drug-likeness (QED) is 0.390. The summed E-state index contributed by atoms with van der Waals surface area (Å²) in [6.45, 7) is -0.501. The number of rotatable bonds is 8. The van der Waals surface area contributed by atoms with Crippen molar-refractivity contribution in [2.24, 2.45) is 8.73 Å². The summed E-state index contributed by atoms with van der Waals surface area (Å²) in [6, 6.07) is 9.56. The minimum atomic E-state index is -3.75. The minimum Gasteiger partial charge on any atom is -0.495 e. The first kappa shape index (κ1) is 22.3. The molecular weight excluding hydrogens is 444 g/mol. The van der Waals surface area contributed by atoms with Gasteiger partial charge in [0.15, 0.2) is 6.61 Å². The van der Waals surface area contributed by atoms with E-state index in [2.05, 4.69) is 18.8 Å². The summed E-state index contributed by atoms with van der Waals surface area (Å²) in [5, 5.41) is 2.62. The van der Waals surface area contributed by atoms with Crippen molar-refractivity contribution in [1.29, 1.82) is 0 Å². The molecule has 2 aromatic rings. The van der Waals surface area contributed by atoms with Crippen LogP contribution >= 0.6 is 0 Å². The van der Waals surface area contributed by atoms with Crippen LogP contribution in [0.5, 0.6) is 5.75 Å². The summed E-state index contributed by atoms with van der Waals surface area (Å²) >= 11 is 1.03. The fourth-order valence-corrected chi connectivity index (χ4v) is 4.04. The fraction of sp³-hybridized carbons (Fsp3) is 0.158. The van der Waals surface area contributed by atoms with E-state index in [1.54, 1.807) is 24.3 Å². The van der Waals surface area contributed by atoms with Crippen molar-refractivity contribution in [2.45, 2.75) is 4.90 Å². The Bertz CT molecular complexity index is 1230. The van der Waals surface area contributed by atoms with Gasteiger partial charge in [-0.25, -0.2) is 17.9 Å². The van der Waals surface area contributed by atoms with Gasteiger partial charge in [-0.1, -0.05) is 12.1 Å². The summed E-state index contributed by atoms with van der Waals surface area (Å²) in [7, 11) is -1.11. The lowest BCUT2D eigenvalue weighted by Gasteiger charge is -2.09. The van der Waals surface area contributed by atoms with Crippen molar-refractivity contribution in [3.05, 3.63) is 48.0 Å². The average Bonchev–Trinajstić information content (AvgIpc) is 3.26. The van der Waals surface area contributed by atoms with Gasteiger partial charge < -0.3 is 14.8 Å². The van der Waals surface area contributed by atoms with Crippen molar-refractivity contribution in [2.75, 3.05) is 26.1 Å². The standard InChI is InChI=1S/C19H18N4O6S2/c1-20-31(26,27)16-10-12(6-8-15(16)28-2)7-9-18(25)29-11-17(24)21-13-4-3-5-14-19(13)23-30-22-14/h3-10,20H,11H2,1-2H3,(H,21,24)/b9-7+. The van der Waals surface area contributed by atoms with Crippen LogP contribution < -0.4 is 14.8 Å². The van der Waals surface area contributed by atoms with E-state index >= 15 is 0 Å². The number of hydrogen-bond acceptors (Lipinski definition) is 8. The Morgan fingerprint density at radius 1 is 1.19 bits per heavy atom. The van der Waals surface area contributed by atoms with Crippen molar-refractivity contribution in [1.82, 2.24) is 4.72 Å². The Morgan fingerprint density at radius 2 is 2.00 bits per heavy atom. The Morgan fingerprint density at radius 3 is 2.74 bits per heavy atom. The Hall–Kier alpha value is -3.35. The number of sulfonamides is 1. The third-order valence-electron chi connectivity index (χ3n) is 4.06. The first-order valence-electron chi connectivity index (χ1n) is 8.81. The number of nitrogens with zero attached hydrogens (tertiary/aromatic N) is 2.